The van der Waals surface area contributed by atoms with Crippen LogP contribution in [0.15, 0.2) is 65.7 Å². The van der Waals surface area contributed by atoms with Crippen LogP contribution in [0.5, 0.6) is 0 Å². The Bertz CT molecular complexity index is 603. The number of guanidine groups is 1. The molecule has 1 atom stereocenters. The van der Waals surface area contributed by atoms with Crippen molar-refractivity contribution < 1.29 is 5.11 Å². The Labute approximate surface area is 161 Å². The Kier molecular flexibility index (Phi) is 9.41. The predicted octanol–water partition coefficient (Wildman–Crippen LogP) is 2.92. The van der Waals surface area contributed by atoms with Crippen LogP contribution in [0.4, 0.5) is 0 Å². The first-order valence-corrected chi connectivity index (χ1v) is 7.86. The fourth-order valence-electron chi connectivity index (χ4n) is 2.27. The molecule has 0 bridgehead atoms. The van der Waals surface area contributed by atoms with E-state index in [0.29, 0.717) is 19.5 Å². The van der Waals surface area contributed by atoms with Crippen molar-refractivity contribution >= 4 is 29.9 Å². The number of hydrogen-bond donors (Lipinski definition) is 2. The van der Waals surface area contributed by atoms with Gasteiger partial charge >= 0.3 is 0 Å². The molecule has 24 heavy (non-hydrogen) atoms. The van der Waals surface area contributed by atoms with Crippen LogP contribution < -0.4 is 5.32 Å². The van der Waals surface area contributed by atoms with E-state index < -0.39 is 6.10 Å². The Morgan fingerprint density at radius 1 is 1.00 bits per heavy atom. The third kappa shape index (κ3) is 7.31. The molecule has 0 aromatic heterocycles. The average molecular weight is 439 g/mol. The van der Waals surface area contributed by atoms with Gasteiger partial charge in [0.1, 0.15) is 0 Å². The topological polar surface area (TPSA) is 47.9 Å². The van der Waals surface area contributed by atoms with E-state index in [0.717, 1.165) is 11.5 Å². The quantitative estimate of drug-likeness (QED) is 0.414. The highest BCUT2D eigenvalue weighted by Gasteiger charge is 2.08. The van der Waals surface area contributed by atoms with Crippen molar-refractivity contribution in [3.05, 3.63) is 71.8 Å². The molecule has 4 nitrogen and oxygen atoms in total. The van der Waals surface area contributed by atoms with Crippen LogP contribution in [0.2, 0.25) is 0 Å². The molecule has 130 valence electrons. The van der Waals surface area contributed by atoms with E-state index in [2.05, 4.69) is 22.4 Å². The summed E-state index contributed by atoms with van der Waals surface area (Å²) in [5.74, 6) is 0.779. The fourth-order valence-corrected chi connectivity index (χ4v) is 2.27. The van der Waals surface area contributed by atoms with Gasteiger partial charge in [0.05, 0.1) is 12.6 Å². The van der Waals surface area contributed by atoms with Gasteiger partial charge in [-0.2, -0.15) is 0 Å². The first kappa shape index (κ1) is 20.4. The minimum absolute atomic E-state index is 0. The van der Waals surface area contributed by atoms with Crippen molar-refractivity contribution in [1.82, 2.24) is 10.2 Å². The van der Waals surface area contributed by atoms with Crippen LogP contribution in [-0.2, 0) is 13.0 Å². The summed E-state index contributed by atoms with van der Waals surface area (Å²) >= 11 is 0. The van der Waals surface area contributed by atoms with Crippen LogP contribution in [0.1, 0.15) is 11.1 Å². The lowest BCUT2D eigenvalue weighted by Gasteiger charge is -2.20. The van der Waals surface area contributed by atoms with Gasteiger partial charge in [-0.15, -0.1) is 24.0 Å². The van der Waals surface area contributed by atoms with Crippen LogP contribution in [0.25, 0.3) is 0 Å². The Morgan fingerprint density at radius 3 is 2.08 bits per heavy atom. The minimum atomic E-state index is -0.445. The molecule has 0 amide bonds. The lowest BCUT2D eigenvalue weighted by Crippen LogP contribution is -2.41. The van der Waals surface area contributed by atoms with E-state index in [1.807, 2.05) is 67.5 Å². The average Bonchev–Trinajstić information content (AvgIpc) is 2.56. The Morgan fingerprint density at radius 2 is 1.54 bits per heavy atom. The maximum Gasteiger partial charge on any atom is 0.193 e. The highest BCUT2D eigenvalue weighted by molar-refractivity contribution is 14.0. The monoisotopic (exact) mass is 439 g/mol. The van der Waals surface area contributed by atoms with Crippen molar-refractivity contribution in [2.75, 3.05) is 20.6 Å². The van der Waals surface area contributed by atoms with E-state index in [-0.39, 0.29) is 24.0 Å². The van der Waals surface area contributed by atoms with E-state index in [1.54, 1.807) is 0 Å². The maximum atomic E-state index is 10.2. The molecule has 0 heterocycles. The minimum Gasteiger partial charge on any atom is -0.391 e. The molecule has 0 spiro atoms. The third-order valence-corrected chi connectivity index (χ3v) is 3.49. The summed E-state index contributed by atoms with van der Waals surface area (Å²) in [6.07, 6.45) is 0.187. The van der Waals surface area contributed by atoms with Gasteiger partial charge in [-0.3, -0.25) is 0 Å². The molecule has 0 aliphatic rings. The molecule has 0 fully saturated rings. The molecule has 0 aliphatic heterocycles. The number of aliphatic hydroxyl groups is 1. The van der Waals surface area contributed by atoms with E-state index >= 15 is 0 Å². The lowest BCUT2D eigenvalue weighted by atomic mass is 10.1. The molecule has 0 aliphatic carbocycles. The zero-order valence-electron chi connectivity index (χ0n) is 14.2. The molecule has 2 N–H and O–H groups in total. The number of aliphatic hydroxyl groups excluding tert-OH is 1. The van der Waals surface area contributed by atoms with Gasteiger partial charge in [-0.25, -0.2) is 4.99 Å². The molecule has 0 saturated carbocycles. The summed E-state index contributed by atoms with van der Waals surface area (Å²) in [4.78, 5) is 6.52. The fraction of sp³-hybridized carbons (Fsp3) is 0.316. The number of hydrogen-bond acceptors (Lipinski definition) is 2. The molecule has 2 aromatic rings. The predicted molar refractivity (Wildman–Crippen MR) is 111 cm³/mol. The van der Waals surface area contributed by atoms with Gasteiger partial charge in [0, 0.05) is 27.1 Å². The normalized spacial score (nSPS) is 12.2. The van der Waals surface area contributed by atoms with Crippen LogP contribution in [0, 0.1) is 0 Å². The van der Waals surface area contributed by atoms with Crippen molar-refractivity contribution in [1.29, 1.82) is 0 Å². The summed E-state index contributed by atoms with van der Waals surface area (Å²) in [7, 11) is 3.89. The number of nitrogens with one attached hydrogen (secondary N) is 1. The summed E-state index contributed by atoms with van der Waals surface area (Å²) in [6, 6.07) is 20.1. The first-order chi connectivity index (χ1) is 11.1. The maximum absolute atomic E-state index is 10.2. The molecule has 0 radical (unpaired) electrons. The zero-order valence-corrected chi connectivity index (χ0v) is 16.6. The number of halogens is 1. The second kappa shape index (κ2) is 11.0. The van der Waals surface area contributed by atoms with Crippen molar-refractivity contribution in [3.63, 3.8) is 0 Å². The van der Waals surface area contributed by atoms with E-state index in [9.17, 15) is 5.11 Å². The van der Waals surface area contributed by atoms with Crippen molar-refractivity contribution in [2.45, 2.75) is 19.1 Å². The highest BCUT2D eigenvalue weighted by Crippen LogP contribution is 2.03. The molecule has 0 saturated heterocycles. The lowest BCUT2D eigenvalue weighted by molar-refractivity contribution is 0.177. The number of aliphatic imine (C=N–C) groups is 1. The Hall–Kier alpha value is -1.60. The highest BCUT2D eigenvalue weighted by atomic mass is 127. The molecular formula is C19H26IN3O. The number of nitrogens with zero attached hydrogens (tertiary/aromatic N) is 2. The third-order valence-electron chi connectivity index (χ3n) is 3.49. The smallest absolute Gasteiger partial charge is 0.193 e. The Balaban J connectivity index is 0.00000288. The molecule has 2 aromatic carbocycles. The summed E-state index contributed by atoms with van der Waals surface area (Å²) < 4.78 is 0. The SMILES string of the molecule is CN(C)C(=NCc1ccccc1)NCC(O)Cc1ccccc1.I. The second-order valence-electron chi connectivity index (χ2n) is 5.74. The van der Waals surface area contributed by atoms with Crippen LogP contribution in [-0.4, -0.2) is 42.7 Å². The molecule has 1 unspecified atom stereocenters. The molecular weight excluding hydrogens is 413 g/mol. The van der Waals surface area contributed by atoms with Gasteiger partial charge in [0.25, 0.3) is 0 Å². The summed E-state index contributed by atoms with van der Waals surface area (Å²) in [5.41, 5.74) is 2.30. The van der Waals surface area contributed by atoms with E-state index in [1.165, 1.54) is 5.56 Å². The van der Waals surface area contributed by atoms with E-state index in [4.69, 9.17) is 0 Å². The summed E-state index contributed by atoms with van der Waals surface area (Å²) in [6.45, 7) is 1.09. The van der Waals surface area contributed by atoms with Crippen LogP contribution in [0.3, 0.4) is 0 Å². The van der Waals surface area contributed by atoms with Gasteiger partial charge in [-0.1, -0.05) is 60.7 Å². The van der Waals surface area contributed by atoms with Gasteiger partial charge in [0.15, 0.2) is 5.96 Å². The van der Waals surface area contributed by atoms with Gasteiger partial charge < -0.3 is 15.3 Å². The van der Waals surface area contributed by atoms with Crippen LogP contribution >= 0.6 is 24.0 Å². The van der Waals surface area contributed by atoms with Crippen molar-refractivity contribution in [2.24, 2.45) is 4.99 Å². The molecule has 2 rings (SSSR count). The largest absolute Gasteiger partial charge is 0.391 e. The first-order valence-electron chi connectivity index (χ1n) is 7.86. The molecule has 5 heteroatoms. The van der Waals surface area contributed by atoms with Gasteiger partial charge in [-0.05, 0) is 11.1 Å². The number of rotatable bonds is 6. The summed E-state index contributed by atoms with van der Waals surface area (Å²) in [5, 5.41) is 13.4. The second-order valence-corrected chi connectivity index (χ2v) is 5.74. The van der Waals surface area contributed by atoms with Crippen molar-refractivity contribution in [3.8, 4) is 0 Å². The zero-order chi connectivity index (χ0) is 16.5. The van der Waals surface area contributed by atoms with Gasteiger partial charge in [0.2, 0.25) is 0 Å². The standard InChI is InChI=1S/C19H25N3O.HI/c1-22(2)19(20-14-17-11-7-4-8-12-17)21-15-18(23)13-16-9-5-3-6-10-16;/h3-12,18,23H,13-15H2,1-2H3,(H,20,21);1H. The number of benzene rings is 2.